The topological polar surface area (TPSA) is 51.9 Å². The number of fused-ring (bicyclic) bond motifs is 3. The summed E-state index contributed by atoms with van der Waals surface area (Å²) < 4.78 is 4.09. The molecule has 5 nitrogen and oxygen atoms in total. The Morgan fingerprint density at radius 2 is 1.83 bits per heavy atom. The first kappa shape index (κ1) is 14.5. The molecule has 0 aliphatic carbocycles. The first-order valence-corrected chi connectivity index (χ1v) is 7.88. The second-order valence-electron chi connectivity index (χ2n) is 5.90. The van der Waals surface area contributed by atoms with E-state index in [1.54, 1.807) is 6.20 Å². The average molecular weight is 318 g/mol. The number of aryl methyl sites for hydroxylation is 2. The fourth-order valence-corrected chi connectivity index (χ4v) is 3.24. The highest BCUT2D eigenvalue weighted by molar-refractivity contribution is 6.10. The molecule has 0 saturated carbocycles. The highest BCUT2D eigenvalue weighted by Gasteiger charge is 2.18. The summed E-state index contributed by atoms with van der Waals surface area (Å²) in [7, 11) is 3.96. The Morgan fingerprint density at radius 3 is 2.62 bits per heavy atom. The number of carbonyl (C=O) groups excluding carboxylic acids is 1. The quantitative estimate of drug-likeness (QED) is 0.631. The van der Waals surface area contributed by atoms with Gasteiger partial charge in [0.25, 0.3) is 5.91 Å². The van der Waals surface area contributed by atoms with Gasteiger partial charge in [0.15, 0.2) is 0 Å². The molecule has 0 aliphatic heterocycles. The van der Waals surface area contributed by atoms with E-state index >= 15 is 0 Å². The molecule has 24 heavy (non-hydrogen) atoms. The average Bonchev–Trinajstić information content (AvgIpc) is 3.10. The molecule has 5 heteroatoms. The van der Waals surface area contributed by atoms with Crippen molar-refractivity contribution in [2.24, 2.45) is 14.1 Å². The Labute approximate surface area is 139 Å². The van der Waals surface area contributed by atoms with E-state index in [9.17, 15) is 4.79 Å². The number of carbonyl (C=O) groups is 1. The lowest BCUT2D eigenvalue weighted by Gasteiger charge is -2.06. The van der Waals surface area contributed by atoms with Crippen LogP contribution < -0.4 is 5.32 Å². The molecular weight excluding hydrogens is 300 g/mol. The van der Waals surface area contributed by atoms with E-state index in [4.69, 9.17) is 0 Å². The molecule has 0 aliphatic rings. The van der Waals surface area contributed by atoms with E-state index in [1.165, 1.54) is 5.52 Å². The number of nitrogens with zero attached hydrogens (tertiary/aromatic N) is 3. The number of hydrogen-bond donors (Lipinski definition) is 1. The Kier molecular flexibility index (Phi) is 3.34. The lowest BCUT2D eigenvalue weighted by Crippen LogP contribution is -2.25. The van der Waals surface area contributed by atoms with Crippen molar-refractivity contribution in [2.75, 3.05) is 0 Å². The van der Waals surface area contributed by atoms with Crippen molar-refractivity contribution >= 4 is 27.8 Å². The van der Waals surface area contributed by atoms with Gasteiger partial charge in [0.05, 0.1) is 28.8 Å². The molecule has 0 unspecified atom stereocenters. The van der Waals surface area contributed by atoms with Crippen LogP contribution in [0.4, 0.5) is 0 Å². The van der Waals surface area contributed by atoms with Crippen molar-refractivity contribution in [3.63, 3.8) is 0 Å². The maximum Gasteiger partial charge on any atom is 0.268 e. The molecule has 4 rings (SSSR count). The van der Waals surface area contributed by atoms with E-state index in [2.05, 4.69) is 27.0 Å². The predicted octanol–water partition coefficient (Wildman–Crippen LogP) is 3.00. The van der Waals surface area contributed by atoms with Crippen LogP contribution in [0.2, 0.25) is 0 Å². The number of rotatable bonds is 3. The summed E-state index contributed by atoms with van der Waals surface area (Å²) >= 11 is 0. The molecule has 1 amide bonds. The zero-order chi connectivity index (χ0) is 16.7. The SMILES string of the molecule is Cn1c(C(=O)NCc2ccccn2)cc2c1c1ccccc1n2C. The van der Waals surface area contributed by atoms with Crippen LogP contribution in [0.1, 0.15) is 16.2 Å². The summed E-state index contributed by atoms with van der Waals surface area (Å²) in [5.41, 5.74) is 4.80. The van der Waals surface area contributed by atoms with E-state index < -0.39 is 0 Å². The third-order valence-corrected chi connectivity index (χ3v) is 4.48. The summed E-state index contributed by atoms with van der Waals surface area (Å²) in [4.78, 5) is 16.8. The summed E-state index contributed by atoms with van der Waals surface area (Å²) in [6.45, 7) is 0.419. The van der Waals surface area contributed by atoms with E-state index in [-0.39, 0.29) is 5.91 Å². The van der Waals surface area contributed by atoms with Gasteiger partial charge >= 0.3 is 0 Å². The van der Waals surface area contributed by atoms with Crippen molar-refractivity contribution in [2.45, 2.75) is 6.54 Å². The van der Waals surface area contributed by atoms with Crippen molar-refractivity contribution in [3.8, 4) is 0 Å². The van der Waals surface area contributed by atoms with Crippen LogP contribution in [0.3, 0.4) is 0 Å². The molecule has 0 saturated heterocycles. The summed E-state index contributed by atoms with van der Waals surface area (Å²) in [5, 5.41) is 4.10. The molecule has 4 aromatic rings. The smallest absolute Gasteiger partial charge is 0.268 e. The van der Waals surface area contributed by atoms with Gasteiger partial charge in [0.1, 0.15) is 5.69 Å². The second-order valence-corrected chi connectivity index (χ2v) is 5.90. The Balaban J connectivity index is 1.71. The maximum atomic E-state index is 12.6. The van der Waals surface area contributed by atoms with Gasteiger partial charge in [-0.25, -0.2) is 0 Å². The van der Waals surface area contributed by atoms with Gasteiger partial charge in [0.2, 0.25) is 0 Å². The monoisotopic (exact) mass is 318 g/mol. The molecule has 1 N–H and O–H groups in total. The first-order chi connectivity index (χ1) is 11.7. The molecule has 0 spiro atoms. The molecule has 120 valence electrons. The predicted molar refractivity (Wildman–Crippen MR) is 94.8 cm³/mol. The van der Waals surface area contributed by atoms with Gasteiger partial charge in [0, 0.05) is 25.7 Å². The van der Waals surface area contributed by atoms with E-state index in [0.29, 0.717) is 12.2 Å². The largest absolute Gasteiger partial charge is 0.345 e. The molecule has 0 fully saturated rings. The van der Waals surface area contributed by atoms with Crippen molar-refractivity contribution in [3.05, 3.63) is 66.1 Å². The van der Waals surface area contributed by atoms with E-state index in [0.717, 1.165) is 22.1 Å². The van der Waals surface area contributed by atoms with Gasteiger partial charge in [-0.3, -0.25) is 9.78 Å². The second kappa shape index (κ2) is 5.53. The molecule has 0 atom stereocenters. The zero-order valence-electron chi connectivity index (χ0n) is 13.7. The van der Waals surface area contributed by atoms with Crippen LogP contribution in [-0.2, 0) is 20.6 Å². The van der Waals surface area contributed by atoms with Crippen molar-refractivity contribution < 1.29 is 4.79 Å². The molecular formula is C19H18N4O. The number of pyridine rings is 1. The van der Waals surface area contributed by atoms with Crippen LogP contribution >= 0.6 is 0 Å². The Bertz CT molecular complexity index is 1040. The number of hydrogen-bond acceptors (Lipinski definition) is 2. The minimum Gasteiger partial charge on any atom is -0.345 e. The first-order valence-electron chi connectivity index (χ1n) is 7.88. The van der Waals surface area contributed by atoms with Gasteiger partial charge in [-0.1, -0.05) is 24.3 Å². The standard InChI is InChI=1S/C19H18N4O/c1-22-15-9-4-3-8-14(15)18-16(22)11-17(23(18)2)19(24)21-12-13-7-5-6-10-20-13/h3-11H,12H2,1-2H3,(H,21,24). The van der Waals surface area contributed by atoms with Crippen molar-refractivity contribution in [1.82, 2.24) is 19.4 Å². The molecule has 3 aromatic heterocycles. The third kappa shape index (κ3) is 2.17. The van der Waals surface area contributed by atoms with E-state index in [1.807, 2.05) is 55.1 Å². The number of aromatic nitrogens is 3. The highest BCUT2D eigenvalue weighted by atomic mass is 16.1. The third-order valence-electron chi connectivity index (χ3n) is 4.48. The molecule has 0 bridgehead atoms. The van der Waals surface area contributed by atoms with Crippen molar-refractivity contribution in [1.29, 1.82) is 0 Å². The summed E-state index contributed by atoms with van der Waals surface area (Å²) in [6.07, 6.45) is 1.73. The lowest BCUT2D eigenvalue weighted by molar-refractivity contribution is 0.0942. The highest BCUT2D eigenvalue weighted by Crippen LogP contribution is 2.30. The molecule has 0 radical (unpaired) electrons. The molecule has 3 heterocycles. The number of benzene rings is 1. The minimum atomic E-state index is -0.0940. The number of nitrogens with one attached hydrogen (secondary N) is 1. The van der Waals surface area contributed by atoms with Gasteiger partial charge in [-0.05, 0) is 24.3 Å². The fraction of sp³-hybridized carbons (Fsp3) is 0.158. The summed E-state index contributed by atoms with van der Waals surface area (Å²) in [5.74, 6) is -0.0940. The maximum absolute atomic E-state index is 12.6. The van der Waals surface area contributed by atoms with Crippen LogP contribution in [0, 0.1) is 0 Å². The van der Waals surface area contributed by atoms with Crippen LogP contribution in [-0.4, -0.2) is 20.0 Å². The van der Waals surface area contributed by atoms with Crippen LogP contribution in [0.5, 0.6) is 0 Å². The number of para-hydroxylation sites is 1. The minimum absolute atomic E-state index is 0.0940. The van der Waals surface area contributed by atoms with Gasteiger partial charge in [-0.2, -0.15) is 0 Å². The molecule has 1 aromatic carbocycles. The van der Waals surface area contributed by atoms with Gasteiger partial charge < -0.3 is 14.5 Å². The fourth-order valence-electron chi connectivity index (χ4n) is 3.24. The lowest BCUT2D eigenvalue weighted by atomic mass is 10.2. The Hall–Kier alpha value is -3.08. The summed E-state index contributed by atoms with van der Waals surface area (Å²) in [6, 6.07) is 15.9. The van der Waals surface area contributed by atoms with Gasteiger partial charge in [-0.15, -0.1) is 0 Å². The normalized spacial score (nSPS) is 11.2. The van der Waals surface area contributed by atoms with Crippen LogP contribution in [0.15, 0.2) is 54.7 Å². The Morgan fingerprint density at radius 1 is 1.04 bits per heavy atom. The van der Waals surface area contributed by atoms with Crippen LogP contribution in [0.25, 0.3) is 21.9 Å². The zero-order valence-corrected chi connectivity index (χ0v) is 13.7. The number of amides is 1.